The summed E-state index contributed by atoms with van der Waals surface area (Å²) in [5.41, 5.74) is 8.01. The highest BCUT2D eigenvalue weighted by atomic mass is 127. The number of rotatable bonds is 3. The Bertz CT molecular complexity index is 795. The minimum Gasteiger partial charge on any atom is -0.107 e. The summed E-state index contributed by atoms with van der Waals surface area (Å²) >= 11 is 0. The van der Waals surface area contributed by atoms with Crippen molar-refractivity contribution in [3.8, 4) is 11.1 Å². The molecule has 0 nitrogen and oxygen atoms in total. The van der Waals surface area contributed by atoms with E-state index in [9.17, 15) is 0 Å². The third-order valence-corrected chi connectivity index (χ3v) is 4.61. The number of allylic oxidation sites excluding steroid dienone is 5. The lowest BCUT2D eigenvalue weighted by atomic mass is 9.82. The normalized spacial score (nSPS) is 14.4. The summed E-state index contributed by atoms with van der Waals surface area (Å²) < 4.78 is 0. The first kappa shape index (κ1) is 21.2. The molecular weight excluding hydrogens is 518 g/mol. The molecule has 0 N–H and O–H groups in total. The molecule has 126 valence electrons. The molecule has 0 fully saturated rings. The SMILES string of the molecule is C=C/C(=C\C=C/C)c1cccc2c1-c1ccccc1C2(C)C.I.I. The van der Waals surface area contributed by atoms with E-state index in [0.29, 0.717) is 0 Å². The average molecular weight is 542 g/mol. The van der Waals surface area contributed by atoms with E-state index in [4.69, 9.17) is 0 Å². The van der Waals surface area contributed by atoms with Crippen LogP contribution in [0.4, 0.5) is 0 Å². The highest BCUT2D eigenvalue weighted by molar-refractivity contribution is 14.0. The van der Waals surface area contributed by atoms with Crippen LogP contribution in [0, 0.1) is 0 Å². The average Bonchev–Trinajstić information content (AvgIpc) is 2.78. The van der Waals surface area contributed by atoms with Crippen LogP contribution in [0.25, 0.3) is 16.7 Å². The van der Waals surface area contributed by atoms with E-state index in [1.165, 1.54) is 33.4 Å². The number of halogens is 2. The Hall–Kier alpha value is -0.880. The zero-order chi connectivity index (χ0) is 15.7. The summed E-state index contributed by atoms with van der Waals surface area (Å²) in [6.45, 7) is 10.7. The third-order valence-electron chi connectivity index (χ3n) is 4.61. The molecule has 0 aromatic heterocycles. The quantitative estimate of drug-likeness (QED) is 0.281. The monoisotopic (exact) mass is 542 g/mol. The largest absolute Gasteiger partial charge is 0.107 e. The smallest absolute Gasteiger partial charge is 0.0159 e. The van der Waals surface area contributed by atoms with Crippen LogP contribution in [-0.2, 0) is 5.41 Å². The van der Waals surface area contributed by atoms with E-state index in [-0.39, 0.29) is 53.4 Å². The molecule has 0 amide bonds. The molecule has 0 atom stereocenters. The maximum atomic E-state index is 4.01. The summed E-state index contributed by atoms with van der Waals surface area (Å²) in [5.74, 6) is 0. The van der Waals surface area contributed by atoms with E-state index in [2.05, 4.69) is 75.0 Å². The molecule has 1 aliphatic rings. The summed E-state index contributed by atoms with van der Waals surface area (Å²) in [5, 5.41) is 0. The van der Waals surface area contributed by atoms with Gasteiger partial charge in [-0.25, -0.2) is 0 Å². The standard InChI is InChI=1S/C22H22.2HI/c1-5-7-11-16(6-2)17-13-10-15-20-21(17)18-12-8-9-14-19(18)22(20,3)4;;/h5-15H,2H2,1,3-4H3;2*1H/b7-5-,16-11+;;. The fourth-order valence-electron chi connectivity index (χ4n) is 3.46. The molecule has 0 saturated carbocycles. The van der Waals surface area contributed by atoms with Gasteiger partial charge in [0.2, 0.25) is 0 Å². The Morgan fingerprint density at radius 2 is 1.62 bits per heavy atom. The maximum Gasteiger partial charge on any atom is 0.0159 e. The van der Waals surface area contributed by atoms with Crippen molar-refractivity contribution in [2.24, 2.45) is 0 Å². The summed E-state index contributed by atoms with van der Waals surface area (Å²) in [6.07, 6.45) is 8.20. The summed E-state index contributed by atoms with van der Waals surface area (Å²) in [4.78, 5) is 0. The Morgan fingerprint density at radius 1 is 0.958 bits per heavy atom. The van der Waals surface area contributed by atoms with Gasteiger partial charge in [0.05, 0.1) is 0 Å². The topological polar surface area (TPSA) is 0 Å². The number of fused-ring (bicyclic) bond motifs is 3. The predicted octanol–water partition coefficient (Wildman–Crippen LogP) is 7.37. The van der Waals surface area contributed by atoms with Crippen LogP contribution in [0.15, 0.2) is 73.3 Å². The molecule has 0 unspecified atom stereocenters. The van der Waals surface area contributed by atoms with Crippen LogP contribution in [0.3, 0.4) is 0 Å². The highest BCUT2D eigenvalue weighted by Gasteiger charge is 2.36. The molecule has 1 aliphatic carbocycles. The number of benzene rings is 2. The molecule has 3 rings (SSSR count). The van der Waals surface area contributed by atoms with Crippen molar-refractivity contribution in [1.82, 2.24) is 0 Å². The second kappa shape index (κ2) is 8.48. The van der Waals surface area contributed by atoms with Gasteiger partial charge in [0, 0.05) is 5.41 Å². The fourth-order valence-corrected chi connectivity index (χ4v) is 3.46. The molecule has 0 bridgehead atoms. The van der Waals surface area contributed by atoms with Gasteiger partial charge in [0.25, 0.3) is 0 Å². The van der Waals surface area contributed by atoms with Crippen LogP contribution in [-0.4, -0.2) is 0 Å². The Morgan fingerprint density at radius 3 is 2.29 bits per heavy atom. The first-order chi connectivity index (χ1) is 10.6. The first-order valence-corrected chi connectivity index (χ1v) is 7.80. The van der Waals surface area contributed by atoms with E-state index in [1.807, 2.05) is 19.1 Å². The van der Waals surface area contributed by atoms with Crippen LogP contribution in [0.5, 0.6) is 0 Å². The third kappa shape index (κ3) is 3.40. The molecule has 0 spiro atoms. The molecule has 0 radical (unpaired) electrons. The Labute approximate surface area is 179 Å². The highest BCUT2D eigenvalue weighted by Crippen LogP contribution is 2.50. The molecule has 2 aromatic rings. The lowest BCUT2D eigenvalue weighted by molar-refractivity contribution is 0.660. The second-order valence-electron chi connectivity index (χ2n) is 6.25. The molecule has 2 aromatic carbocycles. The molecular formula is C22H24I2. The molecule has 0 heterocycles. The zero-order valence-electron chi connectivity index (χ0n) is 14.4. The van der Waals surface area contributed by atoms with Gasteiger partial charge in [-0.2, -0.15) is 0 Å². The van der Waals surface area contributed by atoms with Gasteiger partial charge in [-0.1, -0.05) is 87.2 Å². The van der Waals surface area contributed by atoms with Crippen molar-refractivity contribution in [3.05, 3.63) is 90.0 Å². The van der Waals surface area contributed by atoms with Gasteiger partial charge in [-0.05, 0) is 40.3 Å². The van der Waals surface area contributed by atoms with Crippen molar-refractivity contribution < 1.29 is 0 Å². The van der Waals surface area contributed by atoms with Crippen LogP contribution in [0.1, 0.15) is 37.5 Å². The van der Waals surface area contributed by atoms with Gasteiger partial charge in [0.1, 0.15) is 0 Å². The van der Waals surface area contributed by atoms with Crippen molar-refractivity contribution >= 4 is 53.5 Å². The van der Waals surface area contributed by atoms with Crippen LogP contribution in [0.2, 0.25) is 0 Å². The molecule has 24 heavy (non-hydrogen) atoms. The molecule has 2 heteroatoms. The zero-order valence-corrected chi connectivity index (χ0v) is 19.0. The van der Waals surface area contributed by atoms with Crippen molar-refractivity contribution in [3.63, 3.8) is 0 Å². The van der Waals surface area contributed by atoms with E-state index >= 15 is 0 Å². The lowest BCUT2D eigenvalue weighted by Gasteiger charge is -2.21. The van der Waals surface area contributed by atoms with Crippen molar-refractivity contribution in [1.29, 1.82) is 0 Å². The number of hydrogen-bond acceptors (Lipinski definition) is 0. The summed E-state index contributed by atoms with van der Waals surface area (Å²) in [7, 11) is 0. The Kier molecular flexibility index (Phi) is 7.47. The first-order valence-electron chi connectivity index (χ1n) is 7.80. The van der Waals surface area contributed by atoms with Crippen molar-refractivity contribution in [2.75, 3.05) is 0 Å². The van der Waals surface area contributed by atoms with E-state index in [0.717, 1.165) is 0 Å². The second-order valence-corrected chi connectivity index (χ2v) is 6.25. The van der Waals surface area contributed by atoms with Gasteiger partial charge in [0.15, 0.2) is 0 Å². The van der Waals surface area contributed by atoms with Crippen molar-refractivity contribution in [2.45, 2.75) is 26.2 Å². The lowest BCUT2D eigenvalue weighted by Crippen LogP contribution is -2.14. The van der Waals surface area contributed by atoms with E-state index in [1.54, 1.807) is 0 Å². The molecule has 0 saturated heterocycles. The minimum atomic E-state index is 0. The number of hydrogen-bond donors (Lipinski definition) is 0. The van der Waals surface area contributed by atoms with Gasteiger partial charge >= 0.3 is 0 Å². The van der Waals surface area contributed by atoms with Gasteiger partial charge in [-0.3, -0.25) is 0 Å². The Balaban J connectivity index is 0.00000144. The fraction of sp³-hybridized carbons (Fsp3) is 0.182. The molecule has 0 aliphatic heterocycles. The minimum absolute atomic E-state index is 0. The van der Waals surface area contributed by atoms with Gasteiger partial charge < -0.3 is 0 Å². The van der Waals surface area contributed by atoms with Gasteiger partial charge in [-0.15, -0.1) is 48.0 Å². The van der Waals surface area contributed by atoms with Crippen LogP contribution < -0.4 is 0 Å². The maximum absolute atomic E-state index is 4.01. The summed E-state index contributed by atoms with van der Waals surface area (Å²) in [6, 6.07) is 15.4. The predicted molar refractivity (Wildman–Crippen MR) is 128 cm³/mol. The van der Waals surface area contributed by atoms with Crippen LogP contribution >= 0.6 is 48.0 Å². The van der Waals surface area contributed by atoms with E-state index < -0.39 is 0 Å².